The average molecular weight is 357 g/mol. The van der Waals surface area contributed by atoms with Crippen molar-refractivity contribution in [1.82, 2.24) is 0 Å². The zero-order valence-corrected chi connectivity index (χ0v) is 13.3. The Morgan fingerprint density at radius 3 is 2.91 bits per heavy atom. The van der Waals surface area contributed by atoms with Gasteiger partial charge >= 0.3 is 5.97 Å². The van der Waals surface area contributed by atoms with Crippen molar-refractivity contribution in [2.45, 2.75) is 13.2 Å². The standard InChI is InChI=1S/C16H11Cl2FO4/c17-11-4-9-6-21-8-23-15(9)10(5-11)7-22-16(20)14-12(18)2-1-3-13(14)19/h1-5H,6-8H2. The van der Waals surface area contributed by atoms with Gasteiger partial charge < -0.3 is 14.2 Å². The largest absolute Gasteiger partial charge is 0.467 e. The first-order chi connectivity index (χ1) is 11.1. The molecule has 1 aliphatic heterocycles. The third-order valence-electron chi connectivity index (χ3n) is 3.28. The van der Waals surface area contributed by atoms with E-state index < -0.39 is 11.8 Å². The number of carbonyl (C=O) groups excluding carboxylic acids is 1. The highest BCUT2D eigenvalue weighted by Crippen LogP contribution is 2.32. The lowest BCUT2D eigenvalue weighted by Gasteiger charge is -2.21. The number of benzene rings is 2. The van der Waals surface area contributed by atoms with Crippen LogP contribution in [-0.4, -0.2) is 12.8 Å². The molecular weight excluding hydrogens is 346 g/mol. The summed E-state index contributed by atoms with van der Waals surface area (Å²) in [7, 11) is 0. The summed E-state index contributed by atoms with van der Waals surface area (Å²) in [6.07, 6.45) is 0. The summed E-state index contributed by atoms with van der Waals surface area (Å²) < 4.78 is 29.5. The minimum Gasteiger partial charge on any atom is -0.467 e. The van der Waals surface area contributed by atoms with E-state index in [1.807, 2.05) is 0 Å². The highest BCUT2D eigenvalue weighted by molar-refractivity contribution is 6.33. The van der Waals surface area contributed by atoms with Crippen LogP contribution in [0.3, 0.4) is 0 Å². The van der Waals surface area contributed by atoms with Gasteiger partial charge in [-0.25, -0.2) is 9.18 Å². The molecule has 0 spiro atoms. The minimum atomic E-state index is -0.853. The minimum absolute atomic E-state index is 0.00669. The van der Waals surface area contributed by atoms with Crippen LogP contribution in [0, 0.1) is 5.82 Å². The molecule has 7 heteroatoms. The van der Waals surface area contributed by atoms with E-state index in [0.29, 0.717) is 22.9 Å². The van der Waals surface area contributed by atoms with Crippen LogP contribution in [0.2, 0.25) is 10.0 Å². The van der Waals surface area contributed by atoms with Crippen LogP contribution in [0.5, 0.6) is 5.75 Å². The lowest BCUT2D eigenvalue weighted by Crippen LogP contribution is -2.15. The monoisotopic (exact) mass is 356 g/mol. The molecule has 1 aliphatic rings. The van der Waals surface area contributed by atoms with Crippen molar-refractivity contribution in [3.63, 3.8) is 0 Å². The molecule has 0 fully saturated rings. The summed E-state index contributed by atoms with van der Waals surface area (Å²) in [5.74, 6) is -1.03. The van der Waals surface area contributed by atoms with Gasteiger partial charge in [0, 0.05) is 16.1 Å². The van der Waals surface area contributed by atoms with E-state index in [1.54, 1.807) is 12.1 Å². The van der Waals surface area contributed by atoms with Gasteiger partial charge in [0.25, 0.3) is 0 Å². The SMILES string of the molecule is O=C(OCc1cc(Cl)cc2c1OCOC2)c1c(F)cccc1Cl. The Morgan fingerprint density at radius 2 is 2.13 bits per heavy atom. The lowest BCUT2D eigenvalue weighted by molar-refractivity contribution is -0.0180. The number of esters is 1. The van der Waals surface area contributed by atoms with E-state index in [1.165, 1.54) is 12.1 Å². The van der Waals surface area contributed by atoms with Crippen LogP contribution >= 0.6 is 23.2 Å². The Morgan fingerprint density at radius 1 is 1.30 bits per heavy atom. The summed E-state index contributed by atoms with van der Waals surface area (Å²) in [6.45, 7) is 0.344. The third kappa shape index (κ3) is 3.42. The van der Waals surface area contributed by atoms with Gasteiger partial charge in [-0.2, -0.15) is 0 Å². The van der Waals surface area contributed by atoms with Crippen LogP contribution in [0.4, 0.5) is 4.39 Å². The maximum Gasteiger partial charge on any atom is 0.343 e. The van der Waals surface area contributed by atoms with Crippen molar-refractivity contribution in [3.8, 4) is 5.75 Å². The molecule has 0 unspecified atom stereocenters. The zero-order chi connectivity index (χ0) is 16.4. The number of fused-ring (bicyclic) bond motifs is 1. The van der Waals surface area contributed by atoms with Gasteiger partial charge in [0.1, 0.15) is 23.7 Å². The normalized spacial score (nSPS) is 13.2. The molecule has 0 amide bonds. The molecule has 0 atom stereocenters. The third-order valence-corrected chi connectivity index (χ3v) is 3.81. The quantitative estimate of drug-likeness (QED) is 0.766. The number of rotatable bonds is 3. The topological polar surface area (TPSA) is 44.8 Å². The second kappa shape index (κ2) is 6.74. The summed E-state index contributed by atoms with van der Waals surface area (Å²) in [6, 6.07) is 7.32. The predicted octanol–water partition coefficient (Wildman–Crippen LogP) is 4.36. The van der Waals surface area contributed by atoms with Gasteiger partial charge in [-0.1, -0.05) is 29.3 Å². The first kappa shape index (κ1) is 16.1. The van der Waals surface area contributed by atoms with E-state index in [-0.39, 0.29) is 24.0 Å². The zero-order valence-electron chi connectivity index (χ0n) is 11.8. The second-order valence-electron chi connectivity index (χ2n) is 4.84. The number of hydrogen-bond donors (Lipinski definition) is 0. The van der Waals surface area contributed by atoms with E-state index >= 15 is 0 Å². The van der Waals surface area contributed by atoms with Gasteiger partial charge in [-0.3, -0.25) is 0 Å². The second-order valence-corrected chi connectivity index (χ2v) is 5.68. The number of carbonyl (C=O) groups is 1. The molecule has 4 nitrogen and oxygen atoms in total. The van der Waals surface area contributed by atoms with Crippen LogP contribution in [0.15, 0.2) is 30.3 Å². The summed E-state index contributed by atoms with van der Waals surface area (Å²) in [5.41, 5.74) is 1.05. The lowest BCUT2D eigenvalue weighted by atomic mass is 10.1. The van der Waals surface area contributed by atoms with E-state index in [4.69, 9.17) is 37.4 Å². The molecule has 1 heterocycles. The average Bonchev–Trinajstić information content (AvgIpc) is 2.52. The molecule has 23 heavy (non-hydrogen) atoms. The van der Waals surface area contributed by atoms with Gasteiger partial charge in [-0.05, 0) is 24.3 Å². The fourth-order valence-corrected chi connectivity index (χ4v) is 2.78. The Labute approximate surface area is 141 Å². The molecular formula is C16H11Cl2FO4. The molecule has 3 rings (SSSR count). The molecule has 0 bridgehead atoms. The molecule has 0 saturated carbocycles. The maximum atomic E-state index is 13.7. The smallest absolute Gasteiger partial charge is 0.343 e. The molecule has 0 N–H and O–H groups in total. The van der Waals surface area contributed by atoms with Gasteiger partial charge in [0.05, 0.1) is 11.6 Å². The number of ether oxygens (including phenoxy) is 3. The van der Waals surface area contributed by atoms with E-state index in [2.05, 4.69) is 0 Å². The molecule has 120 valence electrons. The molecule has 2 aromatic rings. The van der Waals surface area contributed by atoms with Gasteiger partial charge in [0.15, 0.2) is 6.79 Å². The highest BCUT2D eigenvalue weighted by atomic mass is 35.5. The van der Waals surface area contributed by atoms with Crippen molar-refractivity contribution in [1.29, 1.82) is 0 Å². The highest BCUT2D eigenvalue weighted by Gasteiger charge is 2.20. The summed E-state index contributed by atoms with van der Waals surface area (Å²) >= 11 is 11.9. The Balaban J connectivity index is 1.81. The maximum absolute atomic E-state index is 13.7. The molecule has 2 aromatic carbocycles. The van der Waals surface area contributed by atoms with Gasteiger partial charge in [0.2, 0.25) is 0 Å². The molecule has 0 radical (unpaired) electrons. The fourth-order valence-electron chi connectivity index (χ4n) is 2.27. The summed E-state index contributed by atoms with van der Waals surface area (Å²) in [5, 5.41) is 0.459. The van der Waals surface area contributed by atoms with Crippen LogP contribution < -0.4 is 4.74 Å². The Kier molecular flexibility index (Phi) is 4.71. The van der Waals surface area contributed by atoms with Crippen LogP contribution in [-0.2, 0) is 22.7 Å². The number of hydrogen-bond acceptors (Lipinski definition) is 4. The van der Waals surface area contributed by atoms with Gasteiger partial charge in [-0.15, -0.1) is 0 Å². The van der Waals surface area contributed by atoms with Crippen LogP contribution in [0.25, 0.3) is 0 Å². The first-order valence-electron chi connectivity index (χ1n) is 6.69. The van der Waals surface area contributed by atoms with Crippen LogP contribution in [0.1, 0.15) is 21.5 Å². The van der Waals surface area contributed by atoms with E-state index in [9.17, 15) is 9.18 Å². The van der Waals surface area contributed by atoms with Crippen molar-refractivity contribution < 1.29 is 23.4 Å². The van der Waals surface area contributed by atoms with E-state index in [0.717, 1.165) is 11.6 Å². The van der Waals surface area contributed by atoms with Crippen molar-refractivity contribution in [2.24, 2.45) is 0 Å². The Bertz CT molecular complexity index is 744. The number of halogens is 3. The fraction of sp³-hybridized carbons (Fsp3) is 0.188. The molecule has 0 aromatic heterocycles. The predicted molar refractivity (Wildman–Crippen MR) is 82.3 cm³/mol. The summed E-state index contributed by atoms with van der Waals surface area (Å²) in [4.78, 5) is 12.1. The van der Waals surface area contributed by atoms with Crippen molar-refractivity contribution in [2.75, 3.05) is 6.79 Å². The van der Waals surface area contributed by atoms with Crippen molar-refractivity contribution >= 4 is 29.2 Å². The molecule has 0 aliphatic carbocycles. The Hall–Kier alpha value is -1.82. The first-order valence-corrected chi connectivity index (χ1v) is 7.45. The molecule has 0 saturated heterocycles. The van der Waals surface area contributed by atoms with Crippen molar-refractivity contribution in [3.05, 3.63) is 62.9 Å².